The Hall–Kier alpha value is -1.83. The Bertz CT molecular complexity index is 841. The summed E-state index contributed by atoms with van der Waals surface area (Å²) >= 11 is 0. The van der Waals surface area contributed by atoms with Crippen molar-refractivity contribution in [3.8, 4) is 0 Å². The van der Waals surface area contributed by atoms with E-state index in [1.807, 2.05) is 63.8 Å². The molecule has 2 heteroatoms. The molecule has 156 valence electrons. The summed E-state index contributed by atoms with van der Waals surface area (Å²) in [5.41, 5.74) is 1.83. The number of allylic oxidation sites excluding steroid dienone is 9. The number of hydrogen-bond acceptors (Lipinski definition) is 1. The predicted molar refractivity (Wildman–Crippen MR) is 123 cm³/mol. The van der Waals surface area contributed by atoms with Crippen LogP contribution in [-0.2, 0) is 4.79 Å². The minimum Gasteiger partial charge on any atom is -0.339 e. The molecule has 2 nitrogen and oxygen atoms in total. The molecule has 0 N–H and O–H groups in total. The van der Waals surface area contributed by atoms with E-state index in [1.54, 1.807) is 12.2 Å². The van der Waals surface area contributed by atoms with Crippen LogP contribution in [0.3, 0.4) is 0 Å². The van der Waals surface area contributed by atoms with Crippen LogP contribution in [0.15, 0.2) is 58.7 Å². The summed E-state index contributed by atoms with van der Waals surface area (Å²) in [4.78, 5) is 14.2. The van der Waals surface area contributed by atoms with Crippen LogP contribution in [0.4, 0.5) is 0 Å². The number of unbranched alkanes of at least 4 members (excludes halogenated alkanes) is 1. The third-order valence-corrected chi connectivity index (χ3v) is 5.11. The number of hydrogen-bond donors (Lipinski definition) is 0. The summed E-state index contributed by atoms with van der Waals surface area (Å²) in [6.07, 6.45) is 11.9. The zero-order chi connectivity index (χ0) is 25.4. The van der Waals surface area contributed by atoms with Crippen LogP contribution >= 0.6 is 0 Å². The Morgan fingerprint density at radius 1 is 1.25 bits per heavy atom. The molecule has 0 aromatic carbocycles. The second-order valence-corrected chi connectivity index (χ2v) is 8.11. The van der Waals surface area contributed by atoms with Gasteiger partial charge in [0.2, 0.25) is 5.91 Å². The van der Waals surface area contributed by atoms with E-state index in [1.165, 1.54) is 0 Å². The van der Waals surface area contributed by atoms with Gasteiger partial charge < -0.3 is 4.90 Å². The van der Waals surface area contributed by atoms with Gasteiger partial charge in [0, 0.05) is 26.0 Å². The van der Waals surface area contributed by atoms with Gasteiger partial charge >= 0.3 is 0 Å². The van der Waals surface area contributed by atoms with Crippen molar-refractivity contribution in [2.45, 2.75) is 80.5 Å². The quantitative estimate of drug-likeness (QED) is 0.303. The van der Waals surface area contributed by atoms with Crippen molar-refractivity contribution < 1.29 is 11.6 Å². The first kappa shape index (κ1) is 17.1. The van der Waals surface area contributed by atoms with E-state index in [0.29, 0.717) is 18.5 Å². The smallest absolute Gasteiger partial charge is 0.246 e. The predicted octanol–water partition coefficient (Wildman–Crippen LogP) is 7.17. The number of likely N-dealkylation sites (N-methyl/N-ethyl adjacent to an activating group) is 1. The molecule has 0 heterocycles. The van der Waals surface area contributed by atoms with Crippen molar-refractivity contribution in [3.05, 3.63) is 58.7 Å². The molecule has 28 heavy (non-hydrogen) atoms. The Morgan fingerprint density at radius 2 is 2.00 bits per heavy atom. The molecule has 0 aliphatic heterocycles. The number of rotatable bonds is 9. The SMILES string of the molecule is [2H]C([2H])([2H])C1=C(C=CC(C)=CC=CC(C)=CC(=O)N(CC)CCCC)C(C)(C)CCC1([2H])[2H]. The molecule has 0 radical (unpaired) electrons. The van der Waals surface area contributed by atoms with Crippen LogP contribution < -0.4 is 0 Å². The second kappa shape index (κ2) is 11.9. The Labute approximate surface area is 180 Å². The summed E-state index contributed by atoms with van der Waals surface area (Å²) in [6, 6.07) is 0. The number of nitrogens with zero attached hydrogens (tertiary/aromatic N) is 1. The average Bonchev–Trinajstić information content (AvgIpc) is 2.68. The van der Waals surface area contributed by atoms with Gasteiger partial charge in [-0.1, -0.05) is 68.7 Å². The lowest BCUT2D eigenvalue weighted by molar-refractivity contribution is -0.125. The second-order valence-electron chi connectivity index (χ2n) is 8.11. The van der Waals surface area contributed by atoms with E-state index in [9.17, 15) is 4.79 Å². The highest BCUT2D eigenvalue weighted by molar-refractivity contribution is 5.88. The van der Waals surface area contributed by atoms with Crippen LogP contribution in [-0.4, -0.2) is 23.9 Å². The Morgan fingerprint density at radius 3 is 2.64 bits per heavy atom. The van der Waals surface area contributed by atoms with Gasteiger partial charge in [0.1, 0.15) is 0 Å². The van der Waals surface area contributed by atoms with Gasteiger partial charge in [0.25, 0.3) is 0 Å². The molecular formula is C26H41NO. The van der Waals surface area contributed by atoms with E-state index < -0.39 is 18.6 Å². The first-order valence-corrected chi connectivity index (χ1v) is 10.4. The van der Waals surface area contributed by atoms with Crippen molar-refractivity contribution in [2.24, 2.45) is 5.41 Å². The molecule has 0 aromatic rings. The Kier molecular flexibility index (Phi) is 7.24. The molecule has 0 saturated heterocycles. The lowest BCUT2D eigenvalue weighted by Gasteiger charge is -2.32. The van der Waals surface area contributed by atoms with Crippen molar-refractivity contribution in [2.75, 3.05) is 13.1 Å². The van der Waals surface area contributed by atoms with Gasteiger partial charge in [-0.25, -0.2) is 0 Å². The average molecular weight is 389 g/mol. The maximum absolute atomic E-state index is 12.4. The van der Waals surface area contributed by atoms with Crippen LogP contribution in [0.2, 0.25) is 0 Å². The lowest BCUT2D eigenvalue weighted by Crippen LogP contribution is -2.30. The fraction of sp³-hybridized carbons (Fsp3) is 0.577. The van der Waals surface area contributed by atoms with Crippen molar-refractivity contribution in [3.63, 3.8) is 0 Å². The highest BCUT2D eigenvalue weighted by atomic mass is 16.2. The van der Waals surface area contributed by atoms with Gasteiger partial charge in [-0.2, -0.15) is 0 Å². The Balaban J connectivity index is 3.06. The molecule has 1 rings (SSSR count). The van der Waals surface area contributed by atoms with Crippen LogP contribution in [0, 0.1) is 5.41 Å². The first-order chi connectivity index (χ1) is 15.2. The zero-order valence-electron chi connectivity index (χ0n) is 23.6. The third-order valence-electron chi connectivity index (χ3n) is 5.11. The van der Waals surface area contributed by atoms with Crippen molar-refractivity contribution >= 4 is 5.91 Å². The third kappa shape index (κ3) is 8.04. The number of carbonyl (C=O) groups excluding carboxylic acids is 1. The van der Waals surface area contributed by atoms with Gasteiger partial charge in [-0.15, -0.1) is 0 Å². The van der Waals surface area contributed by atoms with E-state index in [-0.39, 0.29) is 17.9 Å². The normalized spacial score (nSPS) is 23.3. The van der Waals surface area contributed by atoms with Crippen LogP contribution in [0.5, 0.6) is 0 Å². The van der Waals surface area contributed by atoms with Crippen LogP contribution in [0.1, 0.15) is 87.3 Å². The van der Waals surface area contributed by atoms with E-state index in [0.717, 1.165) is 30.5 Å². The van der Waals surface area contributed by atoms with E-state index in [4.69, 9.17) is 6.85 Å². The monoisotopic (exact) mass is 388 g/mol. The van der Waals surface area contributed by atoms with Crippen LogP contribution in [0.25, 0.3) is 0 Å². The summed E-state index contributed by atoms with van der Waals surface area (Å²) in [5.74, 6) is 0.0200. The summed E-state index contributed by atoms with van der Waals surface area (Å²) in [7, 11) is 0. The summed E-state index contributed by atoms with van der Waals surface area (Å²) in [6.45, 7) is 10.8. The maximum Gasteiger partial charge on any atom is 0.246 e. The van der Waals surface area contributed by atoms with Crippen molar-refractivity contribution in [1.82, 2.24) is 4.90 Å². The van der Waals surface area contributed by atoms with Gasteiger partial charge in [-0.05, 0) is 69.8 Å². The van der Waals surface area contributed by atoms with Gasteiger partial charge in [0.05, 0.1) is 0 Å². The molecule has 1 aliphatic carbocycles. The molecule has 1 amide bonds. The summed E-state index contributed by atoms with van der Waals surface area (Å²) < 4.78 is 40.3. The minimum atomic E-state index is -2.48. The molecule has 0 unspecified atom stereocenters. The molecule has 0 bridgehead atoms. The highest BCUT2D eigenvalue weighted by Crippen LogP contribution is 2.40. The molecule has 0 fully saturated rings. The number of amides is 1. The maximum atomic E-state index is 12.4. The minimum absolute atomic E-state index is 0.0200. The molecule has 1 aliphatic rings. The molecular weight excluding hydrogens is 342 g/mol. The van der Waals surface area contributed by atoms with Gasteiger partial charge in [0.15, 0.2) is 0 Å². The van der Waals surface area contributed by atoms with E-state index in [2.05, 4.69) is 6.92 Å². The lowest BCUT2D eigenvalue weighted by atomic mass is 9.72. The topological polar surface area (TPSA) is 20.3 Å². The fourth-order valence-corrected chi connectivity index (χ4v) is 3.11. The number of carbonyl (C=O) groups is 1. The molecule has 0 atom stereocenters. The standard InChI is InChI=1S/C26H41NO/c1-8-10-19-27(9-2)25(28)20-22(4)14-11-13-21(3)16-17-24-23(5)15-12-18-26(24,6)7/h11,13-14,16-17,20H,8-10,12,15,18-19H2,1-7H3/i5D3,15D2. The van der Waals surface area contributed by atoms with E-state index >= 15 is 0 Å². The molecule has 0 aromatic heterocycles. The largest absolute Gasteiger partial charge is 0.339 e. The molecule has 0 spiro atoms. The molecule has 0 saturated carbocycles. The first-order valence-electron chi connectivity index (χ1n) is 12.9. The van der Waals surface area contributed by atoms with Crippen molar-refractivity contribution in [1.29, 1.82) is 0 Å². The van der Waals surface area contributed by atoms with Gasteiger partial charge in [-0.3, -0.25) is 4.79 Å². The fourth-order valence-electron chi connectivity index (χ4n) is 3.11. The summed E-state index contributed by atoms with van der Waals surface area (Å²) in [5, 5.41) is 0. The zero-order valence-corrected chi connectivity index (χ0v) is 18.6. The highest BCUT2D eigenvalue weighted by Gasteiger charge is 2.26.